The van der Waals surface area contributed by atoms with Crippen LogP contribution in [-0.2, 0) is 5.33 Å². The topological polar surface area (TPSA) is 39.4 Å². The maximum atomic E-state index is 5.89. The normalized spacial score (nSPS) is 10.8. The Balaban J connectivity index is 2.05. The molecule has 0 amide bonds. The first-order chi connectivity index (χ1) is 9.28. The third-order valence-corrected chi connectivity index (χ3v) is 3.35. The summed E-state index contributed by atoms with van der Waals surface area (Å²) in [5, 5.41) is 1.17. The van der Waals surface area contributed by atoms with E-state index in [0.29, 0.717) is 22.0 Å². The largest absolute Gasteiger partial charge is 0.436 e. The fraction of sp³-hybridized carbons (Fsp3) is 0.0769. The molecule has 0 radical (unpaired) electrons. The standard InChI is InChI=1S/C13H9BrClN3O/c14-6-11-13(17-12-3-1-2-4-18(11)12)19-10-5-9(15)7-16-8-10/h1-5,7-8H,6H2. The van der Waals surface area contributed by atoms with Crippen molar-refractivity contribution in [3.63, 3.8) is 0 Å². The highest BCUT2D eigenvalue weighted by Gasteiger charge is 2.13. The summed E-state index contributed by atoms with van der Waals surface area (Å²) in [5.41, 5.74) is 1.78. The summed E-state index contributed by atoms with van der Waals surface area (Å²) in [7, 11) is 0. The first kappa shape index (κ1) is 12.4. The third-order valence-electron chi connectivity index (χ3n) is 2.61. The summed E-state index contributed by atoms with van der Waals surface area (Å²) >= 11 is 9.34. The van der Waals surface area contributed by atoms with Crippen molar-refractivity contribution >= 4 is 33.2 Å². The average molecular weight is 339 g/mol. The molecule has 4 nitrogen and oxygen atoms in total. The molecule has 0 unspecified atom stereocenters. The van der Waals surface area contributed by atoms with Crippen LogP contribution in [0, 0.1) is 0 Å². The van der Waals surface area contributed by atoms with Crippen LogP contribution in [0.15, 0.2) is 42.9 Å². The Hall–Kier alpha value is -1.59. The van der Waals surface area contributed by atoms with Crippen LogP contribution in [0.4, 0.5) is 0 Å². The lowest BCUT2D eigenvalue weighted by Gasteiger charge is -2.04. The quantitative estimate of drug-likeness (QED) is 0.676. The number of halogens is 2. The minimum Gasteiger partial charge on any atom is -0.436 e. The van der Waals surface area contributed by atoms with Crippen molar-refractivity contribution in [1.82, 2.24) is 14.4 Å². The molecular formula is C13H9BrClN3O. The number of alkyl halides is 1. The second kappa shape index (κ2) is 5.19. The molecule has 0 saturated heterocycles. The first-order valence-corrected chi connectivity index (χ1v) is 7.08. The second-order valence-electron chi connectivity index (χ2n) is 3.87. The van der Waals surface area contributed by atoms with Gasteiger partial charge in [-0.1, -0.05) is 33.6 Å². The van der Waals surface area contributed by atoms with Gasteiger partial charge in [0.15, 0.2) is 0 Å². The van der Waals surface area contributed by atoms with E-state index >= 15 is 0 Å². The predicted octanol–water partition coefficient (Wildman–Crippen LogP) is 4.07. The monoisotopic (exact) mass is 337 g/mol. The van der Waals surface area contributed by atoms with Gasteiger partial charge >= 0.3 is 0 Å². The van der Waals surface area contributed by atoms with Gasteiger partial charge in [0.05, 0.1) is 16.9 Å². The van der Waals surface area contributed by atoms with Crippen molar-refractivity contribution in [2.75, 3.05) is 0 Å². The molecule has 6 heteroatoms. The van der Waals surface area contributed by atoms with Crippen LogP contribution < -0.4 is 4.74 Å². The Morgan fingerprint density at radius 3 is 3.00 bits per heavy atom. The Labute approximate surface area is 123 Å². The van der Waals surface area contributed by atoms with E-state index in [1.54, 1.807) is 18.5 Å². The molecule has 0 atom stereocenters. The van der Waals surface area contributed by atoms with E-state index in [-0.39, 0.29) is 0 Å². The molecule has 3 aromatic rings. The number of hydrogen-bond donors (Lipinski definition) is 0. The van der Waals surface area contributed by atoms with E-state index < -0.39 is 0 Å². The lowest BCUT2D eigenvalue weighted by molar-refractivity contribution is 0.459. The van der Waals surface area contributed by atoms with Crippen LogP contribution in [0.25, 0.3) is 5.65 Å². The highest BCUT2D eigenvalue weighted by molar-refractivity contribution is 9.08. The van der Waals surface area contributed by atoms with Gasteiger partial charge in [0.25, 0.3) is 0 Å². The molecule has 19 heavy (non-hydrogen) atoms. The summed E-state index contributed by atoms with van der Waals surface area (Å²) in [5.74, 6) is 1.12. The molecule has 0 N–H and O–H groups in total. The molecular weight excluding hydrogens is 330 g/mol. The zero-order valence-corrected chi connectivity index (χ0v) is 12.1. The fourth-order valence-electron chi connectivity index (χ4n) is 1.79. The van der Waals surface area contributed by atoms with Crippen LogP contribution in [-0.4, -0.2) is 14.4 Å². The fourth-order valence-corrected chi connectivity index (χ4v) is 2.46. The van der Waals surface area contributed by atoms with Crippen molar-refractivity contribution in [1.29, 1.82) is 0 Å². The lowest BCUT2D eigenvalue weighted by Crippen LogP contribution is -1.92. The molecule has 0 spiro atoms. The number of imidazole rings is 1. The van der Waals surface area contributed by atoms with Crippen molar-refractivity contribution in [2.45, 2.75) is 5.33 Å². The van der Waals surface area contributed by atoms with E-state index in [9.17, 15) is 0 Å². The second-order valence-corrected chi connectivity index (χ2v) is 4.86. The summed E-state index contributed by atoms with van der Waals surface area (Å²) in [6.07, 6.45) is 5.11. The van der Waals surface area contributed by atoms with Gasteiger partial charge in [-0.05, 0) is 12.1 Å². The maximum Gasteiger partial charge on any atom is 0.242 e. The number of pyridine rings is 2. The van der Waals surface area contributed by atoms with Crippen molar-refractivity contribution in [2.24, 2.45) is 0 Å². The zero-order valence-electron chi connectivity index (χ0n) is 9.75. The Morgan fingerprint density at radius 2 is 2.21 bits per heavy atom. The molecule has 0 fully saturated rings. The molecule has 3 rings (SSSR count). The van der Waals surface area contributed by atoms with Gasteiger partial charge in [-0.3, -0.25) is 9.38 Å². The minimum absolute atomic E-state index is 0.529. The van der Waals surface area contributed by atoms with Gasteiger partial charge in [0.2, 0.25) is 5.88 Å². The van der Waals surface area contributed by atoms with E-state index in [4.69, 9.17) is 16.3 Å². The Bertz CT molecular complexity index is 729. The number of rotatable bonds is 3. The summed E-state index contributed by atoms with van der Waals surface area (Å²) < 4.78 is 7.73. The SMILES string of the molecule is Clc1cncc(Oc2nc3ccccn3c2CBr)c1. The van der Waals surface area contributed by atoms with Crippen LogP contribution >= 0.6 is 27.5 Å². The lowest BCUT2D eigenvalue weighted by atomic mass is 10.4. The molecule has 3 heterocycles. The van der Waals surface area contributed by atoms with Gasteiger partial charge in [-0.15, -0.1) is 0 Å². The van der Waals surface area contributed by atoms with Gasteiger partial charge in [0.1, 0.15) is 11.4 Å². The first-order valence-electron chi connectivity index (χ1n) is 5.58. The van der Waals surface area contributed by atoms with E-state index in [0.717, 1.165) is 11.3 Å². The average Bonchev–Trinajstić information content (AvgIpc) is 2.75. The number of ether oxygens (including phenoxy) is 1. The predicted molar refractivity (Wildman–Crippen MR) is 77.1 cm³/mol. The number of aromatic nitrogens is 3. The minimum atomic E-state index is 0.529. The maximum absolute atomic E-state index is 5.89. The van der Waals surface area contributed by atoms with Crippen molar-refractivity contribution < 1.29 is 4.74 Å². The molecule has 0 aliphatic carbocycles. The van der Waals surface area contributed by atoms with Crippen LogP contribution in [0.3, 0.4) is 0 Å². The number of fused-ring (bicyclic) bond motifs is 1. The van der Waals surface area contributed by atoms with Crippen molar-refractivity contribution in [3.8, 4) is 11.6 Å². The molecule has 0 bridgehead atoms. The Morgan fingerprint density at radius 1 is 1.32 bits per heavy atom. The summed E-state index contributed by atoms with van der Waals surface area (Å²) in [4.78, 5) is 8.43. The van der Waals surface area contributed by atoms with Gasteiger partial charge < -0.3 is 4.74 Å². The van der Waals surface area contributed by atoms with Crippen LogP contribution in [0.1, 0.15) is 5.69 Å². The highest BCUT2D eigenvalue weighted by atomic mass is 79.9. The van der Waals surface area contributed by atoms with E-state index in [2.05, 4.69) is 25.9 Å². The number of hydrogen-bond acceptors (Lipinski definition) is 3. The third kappa shape index (κ3) is 2.43. The van der Waals surface area contributed by atoms with E-state index in [1.807, 2.05) is 28.8 Å². The molecule has 96 valence electrons. The molecule has 3 aromatic heterocycles. The van der Waals surface area contributed by atoms with Gasteiger partial charge in [-0.2, -0.15) is 4.98 Å². The number of nitrogens with zero attached hydrogens (tertiary/aromatic N) is 3. The molecule has 0 aliphatic heterocycles. The summed E-state index contributed by atoms with van der Waals surface area (Å²) in [6, 6.07) is 7.52. The highest BCUT2D eigenvalue weighted by Crippen LogP contribution is 2.28. The molecule has 0 saturated carbocycles. The van der Waals surface area contributed by atoms with E-state index in [1.165, 1.54) is 0 Å². The van der Waals surface area contributed by atoms with Crippen LogP contribution in [0.2, 0.25) is 5.02 Å². The Kier molecular flexibility index (Phi) is 3.40. The zero-order chi connectivity index (χ0) is 13.2. The van der Waals surface area contributed by atoms with Gasteiger partial charge in [0, 0.05) is 23.8 Å². The molecule has 0 aromatic carbocycles. The van der Waals surface area contributed by atoms with Gasteiger partial charge in [-0.25, -0.2) is 0 Å². The molecule has 0 aliphatic rings. The van der Waals surface area contributed by atoms with Crippen molar-refractivity contribution in [3.05, 3.63) is 53.6 Å². The van der Waals surface area contributed by atoms with Crippen LogP contribution in [0.5, 0.6) is 11.6 Å². The smallest absolute Gasteiger partial charge is 0.242 e. The summed E-state index contributed by atoms with van der Waals surface area (Å²) in [6.45, 7) is 0.